The first kappa shape index (κ1) is 57.2. The van der Waals surface area contributed by atoms with Crippen LogP contribution in [0.3, 0.4) is 0 Å². The molecule has 0 saturated heterocycles. The molecule has 1 fully saturated rings. The van der Waals surface area contributed by atoms with Crippen molar-refractivity contribution in [2.24, 2.45) is 17.2 Å². The number of aromatic nitrogens is 1. The van der Waals surface area contributed by atoms with E-state index in [4.69, 9.17) is 17.2 Å². The minimum atomic E-state index is -1.54. The lowest BCUT2D eigenvalue weighted by atomic mass is 9.94. The Hall–Kier alpha value is -6.66. The fourth-order valence-corrected chi connectivity index (χ4v) is 9.05. The normalized spacial score (nSPS) is 16.2. The molecule has 1 aliphatic carbocycles. The fraction of sp³-hybridized carbons (Fsp3) is 0.440. The van der Waals surface area contributed by atoms with Crippen LogP contribution in [0.5, 0.6) is 5.75 Å². The molecule has 0 spiro atoms. The summed E-state index contributed by atoms with van der Waals surface area (Å²) in [6.07, 6.45) is 1.97. The number of nitrogens with one attached hydrogen (secondary N) is 8. The molecule has 4 aromatic rings. The van der Waals surface area contributed by atoms with Crippen LogP contribution in [0.4, 0.5) is 0 Å². The summed E-state index contributed by atoms with van der Waals surface area (Å²) in [6, 6.07) is 13.2. The van der Waals surface area contributed by atoms with E-state index < -0.39 is 101 Å². The highest BCUT2D eigenvalue weighted by Crippen LogP contribution is 2.31. The van der Waals surface area contributed by atoms with Crippen LogP contribution in [0, 0.1) is 0 Å². The van der Waals surface area contributed by atoms with Crippen molar-refractivity contribution < 1.29 is 48.6 Å². The van der Waals surface area contributed by atoms with Gasteiger partial charge in [0.15, 0.2) is 0 Å². The number of aromatic amines is 1. The van der Waals surface area contributed by atoms with Gasteiger partial charge in [-0.3, -0.25) is 38.4 Å². The number of aromatic hydroxyl groups is 1. The van der Waals surface area contributed by atoms with Gasteiger partial charge in [-0.05, 0) is 80.5 Å². The lowest BCUT2D eigenvalue weighted by Crippen LogP contribution is -2.65. The zero-order chi connectivity index (χ0) is 53.2. The van der Waals surface area contributed by atoms with Crippen LogP contribution in [0.25, 0.3) is 10.9 Å². The molecule has 21 nitrogen and oxygen atoms in total. The molecule has 1 unspecified atom stereocenters. The van der Waals surface area contributed by atoms with Gasteiger partial charge in [-0.1, -0.05) is 73.5 Å². The zero-order valence-electron chi connectivity index (χ0n) is 40.5. The SMILES string of the molecule is C[C@@H](O)[C@H](NC(=O)C(CS)NC(=O)C1(NC(=O)[C@H](CCCN)NC(=O)[C@@H](Cc2c[nH]c3ccccc23)NC(=O)[C@H](Cc2ccc(O)cc2)NC(=O)[C@H](CS)NC(=O)[C@H](N)Cc2ccccc2)CCCC1)C(N)=O. The number of para-hydroxylation sites is 1. The number of aliphatic hydroxyl groups is 1. The van der Waals surface area contributed by atoms with E-state index in [1.54, 1.807) is 18.3 Å². The van der Waals surface area contributed by atoms with Gasteiger partial charge in [-0.25, -0.2) is 0 Å². The minimum absolute atomic E-state index is 0.0143. The number of thiol groups is 2. The first-order valence-corrected chi connectivity index (χ1v) is 25.3. The second-order valence-electron chi connectivity index (χ2n) is 18.2. The van der Waals surface area contributed by atoms with Crippen molar-refractivity contribution in [3.8, 4) is 5.75 Å². The molecule has 0 aliphatic heterocycles. The van der Waals surface area contributed by atoms with Gasteiger partial charge in [0.25, 0.3) is 0 Å². The van der Waals surface area contributed by atoms with E-state index in [9.17, 15) is 48.6 Å². The number of hydrogen-bond donors (Lipinski definition) is 15. The summed E-state index contributed by atoms with van der Waals surface area (Å²) in [5.41, 5.74) is 18.6. The lowest BCUT2D eigenvalue weighted by Gasteiger charge is -2.33. The van der Waals surface area contributed by atoms with Crippen LogP contribution in [0.15, 0.2) is 85.1 Å². The Kier molecular flexibility index (Phi) is 21.5. The number of phenols is 1. The highest BCUT2D eigenvalue weighted by atomic mass is 32.1. The molecule has 16 N–H and O–H groups in total. The van der Waals surface area contributed by atoms with E-state index in [2.05, 4.69) is 67.5 Å². The Morgan fingerprint density at radius 2 is 1.19 bits per heavy atom. The third-order valence-corrected chi connectivity index (χ3v) is 13.4. The molecule has 0 bridgehead atoms. The summed E-state index contributed by atoms with van der Waals surface area (Å²) >= 11 is 8.53. The molecule has 23 heteroatoms. The van der Waals surface area contributed by atoms with E-state index >= 15 is 0 Å². The fourth-order valence-electron chi connectivity index (χ4n) is 8.53. The summed E-state index contributed by atoms with van der Waals surface area (Å²) in [7, 11) is 0. The quantitative estimate of drug-likeness (QED) is 0.0321. The van der Waals surface area contributed by atoms with Gasteiger partial charge in [0.1, 0.15) is 47.5 Å². The van der Waals surface area contributed by atoms with Crippen molar-refractivity contribution in [2.75, 3.05) is 18.1 Å². The summed E-state index contributed by atoms with van der Waals surface area (Å²) in [4.78, 5) is 113. The largest absolute Gasteiger partial charge is 0.508 e. The Balaban J connectivity index is 1.40. The maximum atomic E-state index is 14.7. The first-order valence-electron chi connectivity index (χ1n) is 24.0. The predicted octanol–water partition coefficient (Wildman–Crippen LogP) is -0.969. The number of phenolic OH excluding ortho intramolecular Hbond substituents is 1. The van der Waals surface area contributed by atoms with Crippen molar-refractivity contribution in [1.82, 2.24) is 42.2 Å². The lowest BCUT2D eigenvalue weighted by molar-refractivity contribution is -0.138. The van der Waals surface area contributed by atoms with Crippen LogP contribution < -0.4 is 54.4 Å². The number of amides is 8. The molecule has 394 valence electrons. The predicted molar refractivity (Wildman–Crippen MR) is 280 cm³/mol. The van der Waals surface area contributed by atoms with Crippen molar-refractivity contribution in [3.63, 3.8) is 0 Å². The van der Waals surface area contributed by atoms with E-state index in [1.807, 2.05) is 54.6 Å². The Morgan fingerprint density at radius 1 is 0.658 bits per heavy atom. The molecule has 1 aromatic heterocycles. The van der Waals surface area contributed by atoms with Gasteiger partial charge in [0.2, 0.25) is 47.3 Å². The Morgan fingerprint density at radius 3 is 1.79 bits per heavy atom. The van der Waals surface area contributed by atoms with Crippen molar-refractivity contribution >= 4 is 83.4 Å². The number of carbonyl (C=O) groups is 8. The zero-order valence-corrected chi connectivity index (χ0v) is 42.3. The van der Waals surface area contributed by atoms with Crippen LogP contribution in [-0.2, 0) is 57.6 Å². The van der Waals surface area contributed by atoms with Crippen LogP contribution in [-0.4, -0.2) is 134 Å². The first-order chi connectivity index (χ1) is 34.9. The maximum absolute atomic E-state index is 14.7. The maximum Gasteiger partial charge on any atom is 0.246 e. The van der Waals surface area contributed by atoms with Gasteiger partial charge < -0.3 is 69.6 Å². The minimum Gasteiger partial charge on any atom is -0.508 e. The van der Waals surface area contributed by atoms with Crippen LogP contribution in [0.2, 0.25) is 0 Å². The molecule has 1 saturated carbocycles. The molecule has 1 aliphatic rings. The summed E-state index contributed by atoms with van der Waals surface area (Å²) in [5, 5.41) is 39.4. The molecule has 8 atom stereocenters. The van der Waals surface area contributed by atoms with Crippen molar-refractivity contribution in [2.45, 2.75) is 119 Å². The molecule has 1 heterocycles. The van der Waals surface area contributed by atoms with Crippen molar-refractivity contribution in [3.05, 3.63) is 102 Å². The molecule has 0 radical (unpaired) electrons. The smallest absolute Gasteiger partial charge is 0.246 e. The highest BCUT2D eigenvalue weighted by Gasteiger charge is 2.45. The molecular formula is C50H67N11O10S2. The monoisotopic (exact) mass is 1050 g/mol. The van der Waals surface area contributed by atoms with E-state index in [1.165, 1.54) is 19.1 Å². The Bertz CT molecular complexity index is 2540. The molecule has 73 heavy (non-hydrogen) atoms. The number of aliphatic hydroxyl groups excluding tert-OH is 1. The number of primary amides is 1. The number of benzene rings is 3. The van der Waals surface area contributed by atoms with Gasteiger partial charge in [0, 0.05) is 41.4 Å². The highest BCUT2D eigenvalue weighted by molar-refractivity contribution is 7.80. The molecular weight excluding hydrogens is 979 g/mol. The average Bonchev–Trinajstić information content (AvgIpc) is 4.03. The second-order valence-corrected chi connectivity index (χ2v) is 18.9. The number of hydrogen-bond acceptors (Lipinski definition) is 14. The van der Waals surface area contributed by atoms with Gasteiger partial charge in [0.05, 0.1) is 12.1 Å². The van der Waals surface area contributed by atoms with E-state index in [-0.39, 0.29) is 68.7 Å². The molecule has 5 rings (SSSR count). The molecule has 8 amide bonds. The number of rotatable bonds is 27. The van der Waals surface area contributed by atoms with Crippen LogP contribution >= 0.6 is 25.3 Å². The van der Waals surface area contributed by atoms with E-state index in [0.717, 1.165) is 16.5 Å². The third kappa shape index (κ3) is 16.2. The Labute approximate surface area is 433 Å². The van der Waals surface area contributed by atoms with E-state index in [0.29, 0.717) is 24.0 Å². The van der Waals surface area contributed by atoms with Crippen LogP contribution in [0.1, 0.15) is 62.1 Å². The van der Waals surface area contributed by atoms with Gasteiger partial charge >= 0.3 is 0 Å². The number of nitrogens with two attached hydrogens (primary N) is 3. The number of carbonyl (C=O) groups excluding carboxylic acids is 8. The number of H-pyrrole nitrogens is 1. The number of fused-ring (bicyclic) bond motifs is 1. The average molecular weight is 1050 g/mol. The third-order valence-electron chi connectivity index (χ3n) is 12.7. The second kappa shape index (κ2) is 27.4. The summed E-state index contributed by atoms with van der Waals surface area (Å²) in [6.45, 7) is 1.39. The molecule has 3 aromatic carbocycles. The van der Waals surface area contributed by atoms with Gasteiger partial charge in [-0.2, -0.15) is 25.3 Å². The topological polar surface area (TPSA) is 355 Å². The standard InChI is InChI=1S/C50H67N11O10S2/c1-28(62)41(42(53)64)60-47(69)40(27-73)59-49(71)50(19-7-8-20-50)61-48(70)36(14-9-21-51)55-45(67)38(24-31-25-54-35-13-6-5-12-33(31)35)57-44(66)37(23-30-15-17-32(63)18-16-30)56-46(68)39(26-72)58-43(65)34(52)22-29-10-3-2-4-11-29/h2-6,10-13,15-18,25,28,34,36-41,54,62-63,72-73H,7-9,14,19-24,26-27,51-52H2,1H3,(H2,53,64)(H,55,67)(H,56,68)(H,57,66)(H,58,65)(H,59,71)(H,60,69)(H,61,70)/t28-,34-,36+,37+,38-,39+,40?,41+/m1/s1. The summed E-state index contributed by atoms with van der Waals surface area (Å²) in [5.74, 6) is -6.74. The summed E-state index contributed by atoms with van der Waals surface area (Å²) < 4.78 is 0. The van der Waals surface area contributed by atoms with Gasteiger partial charge in [-0.15, -0.1) is 0 Å². The van der Waals surface area contributed by atoms with Crippen molar-refractivity contribution in [1.29, 1.82) is 0 Å².